The fourth-order valence-electron chi connectivity index (χ4n) is 15.2. The summed E-state index contributed by atoms with van der Waals surface area (Å²) in [7, 11) is 0. The molecule has 91 heavy (non-hydrogen) atoms. The Balaban J connectivity index is 1.10. The minimum absolute atomic E-state index is 0.00106. The van der Waals surface area contributed by atoms with Crippen LogP contribution in [0.15, 0.2) is 206 Å². The number of benzene rings is 10. The number of thiophene rings is 1. The number of aromatic nitrogens is 1. The van der Waals surface area contributed by atoms with Gasteiger partial charge in [0.05, 0.1) is 21.8 Å². The quantitative estimate of drug-likeness (QED) is 0.148. The van der Waals surface area contributed by atoms with Crippen LogP contribution >= 0.6 is 11.3 Å². The zero-order chi connectivity index (χ0) is 63.8. The van der Waals surface area contributed by atoms with Crippen LogP contribution in [0.5, 0.6) is 0 Å². The van der Waals surface area contributed by atoms with Crippen LogP contribution in [-0.4, -0.2) is 11.3 Å². The van der Waals surface area contributed by atoms with Crippen molar-refractivity contribution >= 4 is 117 Å². The Labute approximate surface area is 544 Å². The molecule has 4 heterocycles. The van der Waals surface area contributed by atoms with Crippen molar-refractivity contribution in [3.05, 3.63) is 245 Å². The third kappa shape index (κ3) is 9.35. The highest BCUT2D eigenvalue weighted by molar-refractivity contribution is 7.26. The summed E-state index contributed by atoms with van der Waals surface area (Å²) in [6.45, 7) is 39.7. The first-order chi connectivity index (χ1) is 43.1. The van der Waals surface area contributed by atoms with Crippen molar-refractivity contribution in [1.29, 1.82) is 0 Å². The normalized spacial score (nSPS) is 14.3. The Bertz CT molecular complexity index is 4790. The summed E-state index contributed by atoms with van der Waals surface area (Å²) >= 11 is 1.91. The van der Waals surface area contributed by atoms with E-state index in [0.717, 1.165) is 34.1 Å². The SMILES string of the molecule is CC(C)(C)c1ccc(N(c2ccc(C(C)(C)C)cc2)c2ccc3c(c2)N(c2cccc4c2sc2ccccc24)c2cc(N(c4ccc(C(C)(C)C)cc4)c4ccc(C(C)(C)C)cc4)cc4c2B3c2cc(C(C)(C)C)cc3c5c(n-4c23)-c2ccccc2C5(C)C)cc1. The number of anilines is 9. The fourth-order valence-corrected chi connectivity index (χ4v) is 16.4. The van der Waals surface area contributed by atoms with E-state index in [1.165, 1.54) is 120 Å². The molecule has 0 saturated carbocycles. The summed E-state index contributed by atoms with van der Waals surface area (Å²) in [6, 6.07) is 80.6. The Morgan fingerprint density at radius 1 is 0.374 bits per heavy atom. The first-order valence-electron chi connectivity index (χ1n) is 32.9. The van der Waals surface area contributed by atoms with Crippen molar-refractivity contribution in [2.45, 2.75) is 150 Å². The molecule has 10 aromatic carbocycles. The second-order valence-corrected chi connectivity index (χ2v) is 33.0. The van der Waals surface area contributed by atoms with Crippen molar-refractivity contribution in [3.8, 4) is 16.9 Å². The summed E-state index contributed by atoms with van der Waals surface area (Å²) in [5.74, 6) is 0. The number of fused-ring (bicyclic) bond motifs is 12. The van der Waals surface area contributed by atoms with E-state index in [2.05, 4.69) is 343 Å². The summed E-state index contributed by atoms with van der Waals surface area (Å²) in [6.07, 6.45) is 0. The monoisotopic (exact) mass is 1200 g/mol. The molecule has 0 bridgehead atoms. The molecular formula is C85H85BN4S. The molecule has 4 nitrogen and oxygen atoms in total. The van der Waals surface area contributed by atoms with E-state index in [1.54, 1.807) is 0 Å². The van der Waals surface area contributed by atoms with Crippen molar-refractivity contribution < 1.29 is 0 Å². The van der Waals surface area contributed by atoms with E-state index >= 15 is 0 Å². The zero-order valence-corrected chi connectivity index (χ0v) is 57.2. The van der Waals surface area contributed by atoms with Gasteiger partial charge in [-0.05, 0) is 173 Å². The van der Waals surface area contributed by atoms with Crippen molar-refractivity contribution in [2.24, 2.45) is 0 Å². The largest absolute Gasteiger partial charge is 0.310 e. The maximum atomic E-state index is 2.74. The molecule has 15 rings (SSSR count). The molecule has 0 radical (unpaired) electrons. The molecule has 0 unspecified atom stereocenters. The molecule has 0 N–H and O–H groups in total. The van der Waals surface area contributed by atoms with E-state index in [9.17, 15) is 0 Å². The Morgan fingerprint density at radius 3 is 1.37 bits per heavy atom. The Hall–Kier alpha value is -8.58. The van der Waals surface area contributed by atoms with E-state index < -0.39 is 0 Å². The lowest BCUT2D eigenvalue weighted by molar-refractivity contribution is 0.590. The molecule has 0 spiro atoms. The van der Waals surface area contributed by atoms with Crippen LogP contribution < -0.4 is 31.1 Å². The topological polar surface area (TPSA) is 14.7 Å². The highest BCUT2D eigenvalue weighted by Crippen LogP contribution is 2.57. The van der Waals surface area contributed by atoms with Gasteiger partial charge in [0.25, 0.3) is 6.71 Å². The van der Waals surface area contributed by atoms with Gasteiger partial charge in [0.15, 0.2) is 0 Å². The molecule has 2 aromatic heterocycles. The molecular weight excluding hydrogens is 1120 g/mol. The van der Waals surface area contributed by atoms with Crippen molar-refractivity contribution in [3.63, 3.8) is 0 Å². The Kier molecular flexibility index (Phi) is 13.1. The Morgan fingerprint density at radius 2 is 0.835 bits per heavy atom. The lowest BCUT2D eigenvalue weighted by Gasteiger charge is -2.42. The number of hydrogen-bond acceptors (Lipinski definition) is 4. The van der Waals surface area contributed by atoms with Crippen LogP contribution in [0, 0.1) is 0 Å². The lowest BCUT2D eigenvalue weighted by Crippen LogP contribution is -2.60. The van der Waals surface area contributed by atoms with Crippen LogP contribution in [0.2, 0.25) is 0 Å². The summed E-state index contributed by atoms with van der Waals surface area (Å²) in [5, 5.41) is 3.90. The predicted octanol–water partition coefficient (Wildman–Crippen LogP) is 22.3. The van der Waals surface area contributed by atoms with Crippen LogP contribution in [0.3, 0.4) is 0 Å². The molecule has 0 atom stereocenters. The maximum Gasteiger partial charge on any atom is 0.252 e. The van der Waals surface area contributed by atoms with Gasteiger partial charge in [-0.15, -0.1) is 11.3 Å². The highest BCUT2D eigenvalue weighted by atomic mass is 32.1. The molecule has 0 fully saturated rings. The number of rotatable bonds is 7. The van der Waals surface area contributed by atoms with Crippen LogP contribution in [-0.2, 0) is 32.5 Å². The molecule has 2 aliphatic heterocycles. The zero-order valence-electron chi connectivity index (χ0n) is 56.4. The van der Waals surface area contributed by atoms with Crippen molar-refractivity contribution in [1.82, 2.24) is 4.57 Å². The van der Waals surface area contributed by atoms with E-state index in [-0.39, 0.29) is 39.2 Å². The van der Waals surface area contributed by atoms with Gasteiger partial charge in [0.2, 0.25) is 0 Å². The second-order valence-electron chi connectivity index (χ2n) is 32.0. The summed E-state index contributed by atoms with van der Waals surface area (Å²) in [4.78, 5) is 7.73. The van der Waals surface area contributed by atoms with E-state index in [1.807, 2.05) is 11.3 Å². The minimum Gasteiger partial charge on any atom is -0.310 e. The summed E-state index contributed by atoms with van der Waals surface area (Å²) in [5.41, 5.74) is 28.2. The third-order valence-electron chi connectivity index (χ3n) is 20.3. The minimum atomic E-state index is -0.269. The fraction of sp³-hybridized carbons (Fsp3) is 0.271. The molecule has 0 saturated heterocycles. The van der Waals surface area contributed by atoms with Crippen LogP contribution in [0.4, 0.5) is 51.2 Å². The molecule has 454 valence electrons. The van der Waals surface area contributed by atoms with E-state index in [4.69, 9.17) is 0 Å². The van der Waals surface area contributed by atoms with Gasteiger partial charge in [-0.3, -0.25) is 0 Å². The van der Waals surface area contributed by atoms with Gasteiger partial charge in [-0.25, -0.2) is 0 Å². The average Bonchev–Trinajstić information content (AvgIpc) is 1.56. The van der Waals surface area contributed by atoms with Gasteiger partial charge in [-0.1, -0.05) is 233 Å². The number of nitrogens with zero attached hydrogens (tertiary/aromatic N) is 4. The molecule has 3 aliphatic rings. The number of hydrogen-bond donors (Lipinski definition) is 0. The highest BCUT2D eigenvalue weighted by Gasteiger charge is 2.48. The standard InChI is InChI=1S/C85H85BN4S/c1-80(2,3)52-29-37-57(38-30-52)87(58-39-31-53(32-40-58)81(4,5)6)61-45-46-68-71(49-61)89(70-27-22-25-64-63-23-19-21-28-74(63)91-79(64)70)72-50-62(88(59-41-33-54(34-42-59)82(7,8)9)60-43-35-55(36-44-60)83(10,11)12)51-73-76(72)86(68)69-48-56(84(13,14)15)47-66-75-78(90(73)77(66)69)65-24-18-20-26-67(65)85(75,16)17/h18-51H,1-17H3. The molecule has 12 aromatic rings. The first kappa shape index (κ1) is 58.8. The third-order valence-corrected chi connectivity index (χ3v) is 21.5. The molecule has 6 heteroatoms. The maximum absolute atomic E-state index is 2.74. The van der Waals surface area contributed by atoms with Crippen LogP contribution in [0.25, 0.3) is 48.0 Å². The predicted molar refractivity (Wildman–Crippen MR) is 396 cm³/mol. The molecule has 1 aliphatic carbocycles. The van der Waals surface area contributed by atoms with E-state index in [0.29, 0.717) is 0 Å². The van der Waals surface area contributed by atoms with Gasteiger partial charge >= 0.3 is 0 Å². The van der Waals surface area contributed by atoms with Gasteiger partial charge < -0.3 is 19.3 Å². The van der Waals surface area contributed by atoms with Gasteiger partial charge in [-0.2, -0.15) is 0 Å². The first-order valence-corrected chi connectivity index (χ1v) is 33.8. The smallest absolute Gasteiger partial charge is 0.252 e. The van der Waals surface area contributed by atoms with Gasteiger partial charge in [0, 0.05) is 82.9 Å². The second kappa shape index (κ2) is 20.2. The van der Waals surface area contributed by atoms with Crippen LogP contribution in [0.1, 0.15) is 157 Å². The average molecular weight is 1210 g/mol. The molecule has 0 amide bonds. The lowest BCUT2D eigenvalue weighted by atomic mass is 9.33. The summed E-state index contributed by atoms with van der Waals surface area (Å²) < 4.78 is 5.29. The van der Waals surface area contributed by atoms with Gasteiger partial charge in [0.1, 0.15) is 0 Å². The van der Waals surface area contributed by atoms with Crippen molar-refractivity contribution in [2.75, 3.05) is 14.7 Å².